The minimum Gasteiger partial charge on any atom is -0.472 e. The van der Waals surface area contributed by atoms with Crippen molar-refractivity contribution in [3.63, 3.8) is 0 Å². The summed E-state index contributed by atoms with van der Waals surface area (Å²) in [5, 5.41) is 3.86. The largest absolute Gasteiger partial charge is 0.472 e. The van der Waals surface area contributed by atoms with Gasteiger partial charge in [0.05, 0.1) is 34.5 Å². The molecule has 0 bridgehead atoms. The minimum absolute atomic E-state index is 0.0425. The highest BCUT2D eigenvalue weighted by molar-refractivity contribution is 6.39. The summed E-state index contributed by atoms with van der Waals surface area (Å²) < 4.78 is 11.1. The molecule has 7 nitrogen and oxygen atoms in total. The van der Waals surface area contributed by atoms with E-state index in [9.17, 15) is 0 Å². The molecule has 1 unspecified atom stereocenters. The Bertz CT molecular complexity index is 859. The molecule has 9 heteroatoms. The van der Waals surface area contributed by atoms with E-state index in [4.69, 9.17) is 32.7 Å². The van der Waals surface area contributed by atoms with Gasteiger partial charge in [0.15, 0.2) is 5.65 Å². The fourth-order valence-corrected chi connectivity index (χ4v) is 2.88. The Hall–Kier alpha value is -2.09. The number of imidazole rings is 1. The molecule has 4 heterocycles. The first-order chi connectivity index (χ1) is 11.7. The molecular weight excluding hydrogens is 353 g/mol. The van der Waals surface area contributed by atoms with Gasteiger partial charge in [-0.2, -0.15) is 9.97 Å². The molecule has 24 heavy (non-hydrogen) atoms. The Balaban J connectivity index is 1.58. The van der Waals surface area contributed by atoms with Gasteiger partial charge in [0.25, 0.3) is 0 Å². The summed E-state index contributed by atoms with van der Waals surface area (Å²) in [5.41, 5.74) is 1.84. The van der Waals surface area contributed by atoms with Crippen LogP contribution in [0.2, 0.25) is 10.0 Å². The van der Waals surface area contributed by atoms with Crippen LogP contribution in [0.4, 0.5) is 11.6 Å². The smallest absolute Gasteiger partial charge is 0.215 e. The van der Waals surface area contributed by atoms with Gasteiger partial charge in [0.1, 0.15) is 6.10 Å². The van der Waals surface area contributed by atoms with E-state index in [0.29, 0.717) is 39.8 Å². The molecule has 1 fully saturated rings. The second-order valence-corrected chi connectivity index (χ2v) is 6.13. The first-order valence-corrected chi connectivity index (χ1v) is 8.12. The number of aromatic nitrogens is 4. The molecule has 2 N–H and O–H groups in total. The van der Waals surface area contributed by atoms with Gasteiger partial charge >= 0.3 is 0 Å². The van der Waals surface area contributed by atoms with Crippen molar-refractivity contribution in [2.45, 2.75) is 12.5 Å². The molecule has 3 aromatic heterocycles. The lowest BCUT2D eigenvalue weighted by Gasteiger charge is -2.09. The first kappa shape index (κ1) is 15.4. The number of pyridine rings is 2. The van der Waals surface area contributed by atoms with Crippen LogP contribution >= 0.6 is 23.2 Å². The second kappa shape index (κ2) is 6.43. The summed E-state index contributed by atoms with van der Waals surface area (Å²) in [6.45, 7) is 1.31. The molecule has 3 aromatic rings. The topological polar surface area (TPSA) is 85.0 Å². The molecule has 0 aliphatic carbocycles. The lowest BCUT2D eigenvalue weighted by molar-refractivity contribution is 0.138. The van der Waals surface area contributed by atoms with Crippen LogP contribution in [0, 0.1) is 0 Å². The van der Waals surface area contributed by atoms with Crippen LogP contribution in [0.3, 0.4) is 0 Å². The van der Waals surface area contributed by atoms with Gasteiger partial charge in [-0.25, -0.2) is 0 Å². The molecule has 0 amide bonds. The number of nitrogens with zero attached hydrogens (tertiary/aromatic N) is 3. The summed E-state index contributed by atoms with van der Waals surface area (Å²) in [5.74, 6) is 1.00. The van der Waals surface area contributed by atoms with Crippen molar-refractivity contribution in [1.82, 2.24) is 19.9 Å². The van der Waals surface area contributed by atoms with Crippen LogP contribution in [0.25, 0.3) is 11.2 Å². The molecule has 0 saturated carbocycles. The summed E-state index contributed by atoms with van der Waals surface area (Å²) in [4.78, 5) is 15.8. The maximum Gasteiger partial charge on any atom is 0.215 e. The highest BCUT2D eigenvalue weighted by Crippen LogP contribution is 2.31. The molecule has 1 atom stereocenters. The number of anilines is 2. The van der Waals surface area contributed by atoms with Crippen molar-refractivity contribution in [2.24, 2.45) is 0 Å². The normalized spacial score (nSPS) is 17.3. The molecule has 4 rings (SSSR count). The number of hydrogen-bond donors (Lipinski definition) is 2. The molecule has 1 saturated heterocycles. The lowest BCUT2D eigenvalue weighted by atomic mass is 10.3. The molecule has 0 spiro atoms. The molecule has 124 valence electrons. The molecule has 0 aromatic carbocycles. The Morgan fingerprint density at radius 2 is 2.04 bits per heavy atom. The van der Waals surface area contributed by atoms with Crippen LogP contribution in [-0.4, -0.2) is 39.3 Å². The van der Waals surface area contributed by atoms with E-state index >= 15 is 0 Å². The monoisotopic (exact) mass is 365 g/mol. The fraction of sp³-hybridized carbons (Fsp3) is 0.267. The number of aromatic amines is 1. The van der Waals surface area contributed by atoms with E-state index in [2.05, 4.69) is 25.3 Å². The number of fused-ring (bicyclic) bond motifs is 1. The van der Waals surface area contributed by atoms with Crippen LogP contribution < -0.4 is 10.1 Å². The van der Waals surface area contributed by atoms with E-state index in [-0.39, 0.29) is 6.10 Å². The molecular formula is C15H13Cl2N5O2. The van der Waals surface area contributed by atoms with Gasteiger partial charge in [0, 0.05) is 24.9 Å². The second-order valence-electron chi connectivity index (χ2n) is 5.31. The van der Waals surface area contributed by atoms with Crippen molar-refractivity contribution in [3.05, 3.63) is 34.6 Å². The van der Waals surface area contributed by atoms with Gasteiger partial charge < -0.3 is 19.8 Å². The number of nitrogens with one attached hydrogen (secondary N) is 2. The summed E-state index contributed by atoms with van der Waals surface area (Å²) >= 11 is 12.2. The Morgan fingerprint density at radius 1 is 1.21 bits per heavy atom. The minimum atomic E-state index is 0.0425. The Labute approximate surface area is 147 Å². The maximum atomic E-state index is 6.10. The van der Waals surface area contributed by atoms with Gasteiger partial charge in [-0.05, 0) is 6.07 Å². The number of H-pyrrole nitrogens is 1. The number of hydrogen-bond acceptors (Lipinski definition) is 6. The van der Waals surface area contributed by atoms with Gasteiger partial charge in [0.2, 0.25) is 11.8 Å². The maximum absolute atomic E-state index is 6.10. The zero-order valence-electron chi connectivity index (χ0n) is 12.4. The van der Waals surface area contributed by atoms with E-state index in [1.807, 2.05) is 6.07 Å². The zero-order chi connectivity index (χ0) is 16.5. The Kier molecular flexibility index (Phi) is 4.13. The van der Waals surface area contributed by atoms with Crippen molar-refractivity contribution in [2.75, 3.05) is 18.5 Å². The van der Waals surface area contributed by atoms with Crippen LogP contribution in [-0.2, 0) is 4.74 Å². The van der Waals surface area contributed by atoms with Crippen molar-refractivity contribution in [1.29, 1.82) is 0 Å². The fourth-order valence-electron chi connectivity index (χ4n) is 2.43. The number of halogens is 2. The summed E-state index contributed by atoms with van der Waals surface area (Å²) in [6.07, 6.45) is 3.92. The van der Waals surface area contributed by atoms with Crippen molar-refractivity contribution < 1.29 is 9.47 Å². The highest BCUT2D eigenvalue weighted by Gasteiger charge is 2.18. The molecule has 1 aliphatic heterocycles. The summed E-state index contributed by atoms with van der Waals surface area (Å²) in [7, 11) is 0. The molecule has 0 radical (unpaired) electrons. The number of ether oxygens (including phenoxy) is 2. The van der Waals surface area contributed by atoms with Crippen molar-refractivity contribution >= 4 is 46.0 Å². The first-order valence-electron chi connectivity index (χ1n) is 7.36. The standard InChI is InChI=1S/C15H13Cl2N5O2/c16-9-5-18-6-10(17)13(9)21-15-19-11-1-2-12(20-14(11)22-15)24-8-3-4-23-7-8/h1-2,5-6,8H,3-4,7H2,(H2,18,19,20,21,22). The average molecular weight is 366 g/mol. The van der Waals surface area contributed by atoms with Gasteiger partial charge in [-0.1, -0.05) is 23.2 Å². The Morgan fingerprint density at radius 3 is 2.79 bits per heavy atom. The van der Waals surface area contributed by atoms with E-state index in [1.54, 1.807) is 6.07 Å². The highest BCUT2D eigenvalue weighted by atomic mass is 35.5. The predicted molar refractivity (Wildman–Crippen MR) is 91.3 cm³/mol. The lowest BCUT2D eigenvalue weighted by Crippen LogP contribution is -2.16. The number of rotatable bonds is 4. The predicted octanol–water partition coefficient (Wildman–Crippen LogP) is 3.57. The quantitative estimate of drug-likeness (QED) is 0.734. The zero-order valence-corrected chi connectivity index (χ0v) is 13.9. The third-order valence-electron chi connectivity index (χ3n) is 3.59. The van der Waals surface area contributed by atoms with Crippen molar-refractivity contribution in [3.8, 4) is 5.88 Å². The van der Waals surface area contributed by atoms with Gasteiger partial charge in [-0.3, -0.25) is 4.98 Å². The van der Waals surface area contributed by atoms with Crippen LogP contribution in [0.15, 0.2) is 24.5 Å². The van der Waals surface area contributed by atoms with Gasteiger partial charge in [-0.15, -0.1) is 0 Å². The van der Waals surface area contributed by atoms with Crippen LogP contribution in [0.5, 0.6) is 5.88 Å². The van der Waals surface area contributed by atoms with Crippen LogP contribution in [0.1, 0.15) is 6.42 Å². The van der Waals surface area contributed by atoms with E-state index in [0.717, 1.165) is 18.5 Å². The SMILES string of the molecule is Clc1cncc(Cl)c1Nc1nc2nc(OC3CCOC3)ccc2[nH]1. The van der Waals surface area contributed by atoms with E-state index in [1.165, 1.54) is 12.4 Å². The summed E-state index contributed by atoms with van der Waals surface area (Å²) in [6, 6.07) is 3.66. The third-order valence-corrected chi connectivity index (χ3v) is 4.17. The third kappa shape index (κ3) is 3.10. The van der Waals surface area contributed by atoms with E-state index < -0.39 is 0 Å². The average Bonchev–Trinajstić information content (AvgIpc) is 3.20. The molecule has 1 aliphatic rings.